The van der Waals surface area contributed by atoms with Gasteiger partial charge in [0.1, 0.15) is 4.34 Å². The third-order valence-electron chi connectivity index (χ3n) is 4.06. The van der Waals surface area contributed by atoms with Crippen molar-refractivity contribution >= 4 is 51.3 Å². The second-order valence-electron chi connectivity index (χ2n) is 5.19. The van der Waals surface area contributed by atoms with Gasteiger partial charge in [0.05, 0.1) is 0 Å². The van der Waals surface area contributed by atoms with E-state index in [4.69, 9.17) is 17.3 Å². The van der Waals surface area contributed by atoms with E-state index in [0.29, 0.717) is 6.04 Å². The molecule has 0 spiro atoms. The molecule has 2 heterocycles. The molecule has 2 nitrogen and oxygen atoms in total. The third-order valence-corrected chi connectivity index (χ3v) is 6.52. The molecule has 6 heteroatoms. The minimum Gasteiger partial charge on any atom is -0.327 e. The van der Waals surface area contributed by atoms with Gasteiger partial charge in [0.15, 0.2) is 0 Å². The van der Waals surface area contributed by atoms with E-state index in [-0.39, 0.29) is 12.4 Å². The van der Waals surface area contributed by atoms with Crippen LogP contribution in [0.2, 0.25) is 4.34 Å². The van der Waals surface area contributed by atoms with Crippen molar-refractivity contribution in [2.24, 2.45) is 17.6 Å². The topological polar surface area (TPSA) is 29.3 Å². The van der Waals surface area contributed by atoms with Crippen LogP contribution in [-0.2, 0) is 6.54 Å². The molecule has 0 aromatic carbocycles. The van der Waals surface area contributed by atoms with E-state index < -0.39 is 0 Å². The fraction of sp³-hybridized carbons (Fsp3) is 0.667. The van der Waals surface area contributed by atoms with Crippen LogP contribution < -0.4 is 5.73 Å². The largest absolute Gasteiger partial charge is 0.327 e. The summed E-state index contributed by atoms with van der Waals surface area (Å²) in [4.78, 5) is 3.87. The first-order chi connectivity index (χ1) is 8.13. The molecule has 1 aromatic rings. The number of halogens is 3. The van der Waals surface area contributed by atoms with Gasteiger partial charge in [-0.25, -0.2) is 0 Å². The average molecular weight is 372 g/mol. The molecule has 1 saturated carbocycles. The molecule has 0 amide bonds. The normalized spacial score (nSPS) is 31.4. The number of thiophene rings is 1. The van der Waals surface area contributed by atoms with Crippen LogP contribution >= 0.6 is 51.3 Å². The van der Waals surface area contributed by atoms with Crippen LogP contribution in [0, 0.1) is 11.8 Å². The Morgan fingerprint density at radius 2 is 2.22 bits per heavy atom. The minimum absolute atomic E-state index is 0. The Labute approximate surface area is 131 Å². The first-order valence-corrected chi connectivity index (χ1v) is 8.04. The van der Waals surface area contributed by atoms with Crippen molar-refractivity contribution in [2.75, 3.05) is 13.1 Å². The Hall–Kier alpha value is 0.680. The van der Waals surface area contributed by atoms with Crippen molar-refractivity contribution < 1.29 is 0 Å². The van der Waals surface area contributed by atoms with Gasteiger partial charge in [-0.3, -0.25) is 4.90 Å². The Kier molecular flexibility index (Phi) is 5.01. The quantitative estimate of drug-likeness (QED) is 0.857. The van der Waals surface area contributed by atoms with Crippen molar-refractivity contribution in [3.05, 3.63) is 19.8 Å². The van der Waals surface area contributed by atoms with Gasteiger partial charge >= 0.3 is 0 Å². The molecule has 2 N–H and O–H groups in total. The molecule has 2 aliphatic rings. The van der Waals surface area contributed by atoms with Gasteiger partial charge in [-0.2, -0.15) is 0 Å². The minimum atomic E-state index is 0. The summed E-state index contributed by atoms with van der Waals surface area (Å²) >= 11 is 11.2. The maximum absolute atomic E-state index is 6.15. The monoisotopic (exact) mass is 370 g/mol. The zero-order valence-electron chi connectivity index (χ0n) is 9.94. The fourth-order valence-corrected chi connectivity index (χ4v) is 5.05. The summed E-state index contributed by atoms with van der Waals surface area (Å²) in [5.74, 6) is 1.57. The molecule has 0 bridgehead atoms. The predicted octanol–water partition coefficient (Wildman–Crippen LogP) is 3.75. The Bertz CT molecular complexity index is 407. The number of hydrogen-bond donors (Lipinski definition) is 1. The van der Waals surface area contributed by atoms with E-state index in [1.165, 1.54) is 30.8 Å². The standard InChI is InChI=1S/C12H16BrClN2S.ClH/c13-10-3-8(17-12(10)14)5-16-4-7-1-2-11(15)9(7)6-16;/h3,7,9,11H,1-2,4-6,15H2;1H. The lowest BCUT2D eigenvalue weighted by Gasteiger charge is -2.17. The first-order valence-electron chi connectivity index (χ1n) is 6.05. The molecule has 3 atom stereocenters. The fourth-order valence-electron chi connectivity index (χ4n) is 3.22. The van der Waals surface area contributed by atoms with Crippen LogP contribution in [0.5, 0.6) is 0 Å². The Balaban J connectivity index is 0.00000120. The molecule has 1 aliphatic carbocycles. The van der Waals surface area contributed by atoms with Crippen LogP contribution in [0.25, 0.3) is 0 Å². The average Bonchev–Trinajstić information content (AvgIpc) is 2.89. The first kappa shape index (κ1) is 15.1. The molecule has 0 radical (unpaired) electrons. The van der Waals surface area contributed by atoms with E-state index in [1.54, 1.807) is 11.3 Å². The highest BCUT2D eigenvalue weighted by molar-refractivity contribution is 9.10. The van der Waals surface area contributed by atoms with Crippen molar-refractivity contribution in [1.82, 2.24) is 4.90 Å². The maximum Gasteiger partial charge on any atom is 0.107 e. The van der Waals surface area contributed by atoms with E-state index in [0.717, 1.165) is 27.2 Å². The lowest BCUT2D eigenvalue weighted by atomic mass is 9.98. The van der Waals surface area contributed by atoms with Gasteiger partial charge < -0.3 is 5.73 Å². The highest BCUT2D eigenvalue weighted by Gasteiger charge is 2.40. The van der Waals surface area contributed by atoms with Crippen LogP contribution in [0.3, 0.4) is 0 Å². The van der Waals surface area contributed by atoms with Crippen LogP contribution in [-0.4, -0.2) is 24.0 Å². The summed E-state index contributed by atoms with van der Waals surface area (Å²) in [6, 6.07) is 2.57. The van der Waals surface area contributed by atoms with E-state index in [9.17, 15) is 0 Å². The van der Waals surface area contributed by atoms with Gasteiger partial charge in [-0.1, -0.05) is 11.6 Å². The van der Waals surface area contributed by atoms with E-state index in [1.807, 2.05) is 0 Å². The number of rotatable bonds is 2. The highest BCUT2D eigenvalue weighted by Crippen LogP contribution is 2.39. The predicted molar refractivity (Wildman–Crippen MR) is 83.7 cm³/mol. The molecule has 1 aliphatic heterocycles. The molecule has 2 fully saturated rings. The molecule has 18 heavy (non-hydrogen) atoms. The molecule has 102 valence electrons. The second-order valence-corrected chi connectivity index (χ2v) is 7.79. The lowest BCUT2D eigenvalue weighted by Crippen LogP contribution is -2.30. The smallest absolute Gasteiger partial charge is 0.107 e. The van der Waals surface area contributed by atoms with Gasteiger partial charge in [0, 0.05) is 35.0 Å². The number of likely N-dealkylation sites (tertiary alicyclic amines) is 1. The van der Waals surface area contributed by atoms with Crippen LogP contribution in [0.1, 0.15) is 17.7 Å². The van der Waals surface area contributed by atoms with E-state index in [2.05, 4.69) is 26.9 Å². The number of fused-ring (bicyclic) bond motifs is 1. The SMILES string of the molecule is Cl.NC1CCC2CN(Cc3cc(Br)c(Cl)s3)CC12. The zero-order valence-corrected chi connectivity index (χ0v) is 13.9. The number of hydrogen-bond acceptors (Lipinski definition) is 3. The summed E-state index contributed by atoms with van der Waals surface area (Å²) in [5.41, 5.74) is 6.15. The zero-order chi connectivity index (χ0) is 12.0. The molecule has 1 aromatic heterocycles. The van der Waals surface area contributed by atoms with E-state index >= 15 is 0 Å². The van der Waals surface area contributed by atoms with Crippen molar-refractivity contribution in [2.45, 2.75) is 25.4 Å². The molecular weight excluding hydrogens is 355 g/mol. The van der Waals surface area contributed by atoms with Gasteiger partial charge in [-0.15, -0.1) is 23.7 Å². The van der Waals surface area contributed by atoms with Crippen molar-refractivity contribution in [3.8, 4) is 0 Å². The summed E-state index contributed by atoms with van der Waals surface area (Å²) in [7, 11) is 0. The van der Waals surface area contributed by atoms with Crippen LogP contribution in [0.4, 0.5) is 0 Å². The Morgan fingerprint density at radius 1 is 1.44 bits per heavy atom. The number of nitrogens with two attached hydrogens (primary N) is 1. The molecular formula is C12H17BrCl2N2S. The summed E-state index contributed by atoms with van der Waals surface area (Å²) in [5, 5.41) is 0. The summed E-state index contributed by atoms with van der Waals surface area (Å²) in [6.45, 7) is 3.40. The summed E-state index contributed by atoms with van der Waals surface area (Å²) < 4.78 is 1.88. The molecule has 3 unspecified atom stereocenters. The van der Waals surface area contributed by atoms with Gasteiger partial charge in [0.25, 0.3) is 0 Å². The molecule has 1 saturated heterocycles. The Morgan fingerprint density at radius 3 is 2.83 bits per heavy atom. The summed E-state index contributed by atoms with van der Waals surface area (Å²) in [6.07, 6.45) is 2.54. The second kappa shape index (κ2) is 5.98. The highest BCUT2D eigenvalue weighted by atomic mass is 79.9. The number of nitrogens with zero attached hydrogens (tertiary/aromatic N) is 1. The van der Waals surface area contributed by atoms with Gasteiger partial charge in [-0.05, 0) is 46.7 Å². The lowest BCUT2D eigenvalue weighted by molar-refractivity contribution is 0.300. The van der Waals surface area contributed by atoms with Gasteiger partial charge in [0.2, 0.25) is 0 Å². The molecule has 3 rings (SSSR count). The van der Waals surface area contributed by atoms with Crippen LogP contribution in [0.15, 0.2) is 10.5 Å². The third kappa shape index (κ3) is 2.89. The van der Waals surface area contributed by atoms with Crippen molar-refractivity contribution in [3.63, 3.8) is 0 Å². The van der Waals surface area contributed by atoms with Crippen molar-refractivity contribution in [1.29, 1.82) is 0 Å². The maximum atomic E-state index is 6.15.